The third kappa shape index (κ3) is 4.84. The molecule has 0 saturated heterocycles. The molecule has 0 radical (unpaired) electrons. The molecule has 2 aromatic carbocycles. The summed E-state index contributed by atoms with van der Waals surface area (Å²) in [5.74, 6) is 0. The van der Waals surface area contributed by atoms with Crippen LogP contribution in [0.25, 0.3) is 0 Å². The highest BCUT2D eigenvalue weighted by atomic mass is 28.4. The van der Waals surface area contributed by atoms with E-state index in [2.05, 4.69) is 50.4 Å². The van der Waals surface area contributed by atoms with Crippen molar-refractivity contribution in [3.05, 3.63) is 60.7 Å². The van der Waals surface area contributed by atoms with Gasteiger partial charge in [-0.2, -0.15) is 0 Å². The van der Waals surface area contributed by atoms with E-state index in [1.807, 2.05) is 36.4 Å². The maximum Gasteiger partial charge on any atom is 0.405 e. The van der Waals surface area contributed by atoms with Crippen LogP contribution in [-0.4, -0.2) is 38.5 Å². The van der Waals surface area contributed by atoms with E-state index in [9.17, 15) is 9.59 Å². The standard InChI is InChI=1S/C21H27NO4Si/c1-21(2,3)27(18-10-6-4-7-11-18,19-12-8-5-9-13-19)26-15-14-17(16-23)22-20(24)25/h4-13,16-17,22H,14-15H2,1-3H3,(H,24,25)/t17-/m1/s1. The van der Waals surface area contributed by atoms with Gasteiger partial charge in [-0.1, -0.05) is 81.4 Å². The quantitative estimate of drug-likeness (QED) is 0.541. The van der Waals surface area contributed by atoms with Gasteiger partial charge in [0.25, 0.3) is 8.32 Å². The molecular formula is C21H27NO4Si. The minimum Gasteiger partial charge on any atom is -0.465 e. The zero-order valence-electron chi connectivity index (χ0n) is 16.0. The van der Waals surface area contributed by atoms with Gasteiger partial charge < -0.3 is 19.6 Å². The largest absolute Gasteiger partial charge is 0.465 e. The van der Waals surface area contributed by atoms with Gasteiger partial charge in [-0.15, -0.1) is 0 Å². The average molecular weight is 386 g/mol. The minimum absolute atomic E-state index is 0.160. The highest BCUT2D eigenvalue weighted by molar-refractivity contribution is 6.99. The van der Waals surface area contributed by atoms with Crippen molar-refractivity contribution < 1.29 is 19.1 Å². The van der Waals surface area contributed by atoms with Gasteiger partial charge in [-0.05, 0) is 21.8 Å². The molecule has 0 aliphatic carbocycles. The van der Waals surface area contributed by atoms with E-state index in [-0.39, 0.29) is 11.6 Å². The van der Waals surface area contributed by atoms with Gasteiger partial charge in [0.05, 0.1) is 6.04 Å². The lowest BCUT2D eigenvalue weighted by Crippen LogP contribution is -2.66. The lowest BCUT2D eigenvalue weighted by Gasteiger charge is -2.43. The molecule has 2 rings (SSSR count). The van der Waals surface area contributed by atoms with Crippen molar-refractivity contribution in [1.29, 1.82) is 0 Å². The number of carbonyl (C=O) groups is 2. The summed E-state index contributed by atoms with van der Waals surface area (Å²) in [4.78, 5) is 22.0. The van der Waals surface area contributed by atoms with Crippen LogP contribution in [0.5, 0.6) is 0 Å². The molecule has 1 amide bonds. The number of hydrogen-bond acceptors (Lipinski definition) is 3. The Kier molecular flexibility index (Phi) is 6.93. The van der Waals surface area contributed by atoms with Crippen LogP contribution in [0, 0.1) is 0 Å². The van der Waals surface area contributed by atoms with Gasteiger partial charge in [0.1, 0.15) is 6.29 Å². The first kappa shape index (κ1) is 20.9. The molecule has 0 aliphatic rings. The highest BCUT2D eigenvalue weighted by Crippen LogP contribution is 2.36. The number of carbonyl (C=O) groups excluding carboxylic acids is 1. The molecule has 0 unspecified atom stereocenters. The number of nitrogens with one attached hydrogen (secondary N) is 1. The Morgan fingerprint density at radius 2 is 1.56 bits per heavy atom. The van der Waals surface area contributed by atoms with E-state index in [1.165, 1.54) is 0 Å². The molecule has 144 valence electrons. The molecule has 0 spiro atoms. The van der Waals surface area contributed by atoms with Crippen LogP contribution in [0.4, 0.5) is 4.79 Å². The summed E-state index contributed by atoms with van der Waals surface area (Å²) in [5.41, 5.74) is 0. The fourth-order valence-corrected chi connectivity index (χ4v) is 8.01. The third-order valence-corrected chi connectivity index (χ3v) is 9.68. The second kappa shape index (κ2) is 8.97. The van der Waals surface area contributed by atoms with Crippen LogP contribution in [0.2, 0.25) is 5.04 Å². The van der Waals surface area contributed by atoms with E-state index in [0.717, 1.165) is 10.4 Å². The van der Waals surface area contributed by atoms with Crippen molar-refractivity contribution in [2.75, 3.05) is 6.61 Å². The molecule has 6 heteroatoms. The average Bonchev–Trinajstić information content (AvgIpc) is 2.64. The first-order valence-electron chi connectivity index (χ1n) is 9.01. The normalized spacial score (nSPS) is 13.0. The Bertz CT molecular complexity index is 704. The summed E-state index contributed by atoms with van der Waals surface area (Å²) in [7, 11) is -2.66. The van der Waals surface area contributed by atoms with Crippen molar-refractivity contribution in [2.24, 2.45) is 0 Å². The van der Waals surface area contributed by atoms with Crippen LogP contribution in [0.15, 0.2) is 60.7 Å². The van der Waals surface area contributed by atoms with Crippen molar-refractivity contribution in [3.8, 4) is 0 Å². The molecule has 0 saturated carbocycles. The summed E-state index contributed by atoms with van der Waals surface area (Å²) in [6, 6.07) is 19.6. The van der Waals surface area contributed by atoms with Crippen LogP contribution in [-0.2, 0) is 9.22 Å². The smallest absolute Gasteiger partial charge is 0.405 e. The van der Waals surface area contributed by atoms with Crippen LogP contribution < -0.4 is 15.7 Å². The van der Waals surface area contributed by atoms with Crippen molar-refractivity contribution in [2.45, 2.75) is 38.3 Å². The van der Waals surface area contributed by atoms with E-state index >= 15 is 0 Å². The first-order chi connectivity index (χ1) is 12.8. The first-order valence-corrected chi connectivity index (χ1v) is 10.9. The van der Waals surface area contributed by atoms with Gasteiger partial charge in [0, 0.05) is 6.61 Å². The highest BCUT2D eigenvalue weighted by Gasteiger charge is 2.50. The Hall–Kier alpha value is -2.44. The molecule has 1 atom stereocenters. The second-order valence-electron chi connectivity index (χ2n) is 7.49. The minimum atomic E-state index is -2.66. The topological polar surface area (TPSA) is 75.6 Å². The number of benzene rings is 2. The van der Waals surface area contributed by atoms with Crippen LogP contribution >= 0.6 is 0 Å². The summed E-state index contributed by atoms with van der Waals surface area (Å²) in [6.45, 7) is 6.81. The van der Waals surface area contributed by atoms with Crippen LogP contribution in [0.3, 0.4) is 0 Å². The monoisotopic (exact) mass is 385 g/mol. The van der Waals surface area contributed by atoms with Crippen LogP contribution in [0.1, 0.15) is 27.2 Å². The number of hydrogen-bond donors (Lipinski definition) is 2. The summed E-state index contributed by atoms with van der Waals surface area (Å²) < 4.78 is 6.63. The molecule has 0 bridgehead atoms. The van der Waals surface area contributed by atoms with E-state index in [1.54, 1.807) is 0 Å². The number of carboxylic acid groups (broad SMARTS) is 1. The van der Waals surface area contributed by atoms with Gasteiger partial charge >= 0.3 is 6.09 Å². The molecule has 0 heterocycles. The maximum absolute atomic E-state index is 11.2. The predicted octanol–water partition coefficient (Wildman–Crippen LogP) is 2.79. The summed E-state index contributed by atoms with van der Waals surface area (Å²) in [5, 5.41) is 13.2. The lowest BCUT2D eigenvalue weighted by molar-refractivity contribution is -0.109. The fourth-order valence-electron chi connectivity index (χ4n) is 3.43. The van der Waals surface area contributed by atoms with E-state index in [4.69, 9.17) is 9.53 Å². The summed E-state index contributed by atoms with van der Waals surface area (Å²) in [6.07, 6.45) is -0.305. The predicted molar refractivity (Wildman–Crippen MR) is 109 cm³/mol. The Morgan fingerprint density at radius 3 is 1.93 bits per heavy atom. The van der Waals surface area contributed by atoms with Crippen molar-refractivity contribution in [1.82, 2.24) is 5.32 Å². The molecule has 0 aliphatic heterocycles. The number of amides is 1. The molecule has 2 aromatic rings. The van der Waals surface area contributed by atoms with Gasteiger partial charge in [-0.25, -0.2) is 4.79 Å². The molecule has 0 fully saturated rings. The third-order valence-electron chi connectivity index (χ3n) is 4.64. The molecule has 5 nitrogen and oxygen atoms in total. The Balaban J connectivity index is 2.40. The number of aldehydes is 1. The van der Waals surface area contributed by atoms with Gasteiger partial charge in [-0.3, -0.25) is 0 Å². The van der Waals surface area contributed by atoms with E-state index in [0.29, 0.717) is 12.7 Å². The Morgan fingerprint density at radius 1 is 1.07 bits per heavy atom. The second-order valence-corrected chi connectivity index (χ2v) is 11.8. The Labute approximate surface area is 161 Å². The van der Waals surface area contributed by atoms with Gasteiger partial charge in [0.2, 0.25) is 0 Å². The zero-order chi connectivity index (χ0) is 19.9. The van der Waals surface area contributed by atoms with Gasteiger partial charge in [0.15, 0.2) is 0 Å². The fraction of sp³-hybridized carbons (Fsp3) is 0.333. The SMILES string of the molecule is CC(C)(C)[Si](OCC[C@H](C=O)NC(=O)O)(c1ccccc1)c1ccccc1. The maximum atomic E-state index is 11.2. The molecular weight excluding hydrogens is 358 g/mol. The summed E-state index contributed by atoms with van der Waals surface area (Å²) >= 11 is 0. The van der Waals surface area contributed by atoms with Crippen molar-refractivity contribution >= 4 is 31.1 Å². The molecule has 0 aromatic heterocycles. The van der Waals surface area contributed by atoms with Crippen molar-refractivity contribution in [3.63, 3.8) is 0 Å². The molecule has 27 heavy (non-hydrogen) atoms. The number of rotatable bonds is 8. The zero-order valence-corrected chi connectivity index (χ0v) is 17.0. The van der Waals surface area contributed by atoms with E-state index < -0.39 is 20.5 Å². The molecule has 2 N–H and O–H groups in total. The lowest BCUT2D eigenvalue weighted by atomic mass is 10.2.